The van der Waals surface area contributed by atoms with Gasteiger partial charge in [-0.25, -0.2) is 0 Å². The molecule has 2 N–H and O–H groups in total. The molecule has 6 heteroatoms. The van der Waals surface area contributed by atoms with Crippen LogP contribution in [0, 0.1) is 6.92 Å². The second-order valence-electron chi connectivity index (χ2n) is 5.82. The number of carbonyl (C=O) groups is 3. The molecule has 2 aromatic carbocycles. The number of hydrogen-bond donors (Lipinski definition) is 2. The molecule has 0 bridgehead atoms. The summed E-state index contributed by atoms with van der Waals surface area (Å²) in [5.41, 5.74) is 7.16. The molecule has 0 fully saturated rings. The van der Waals surface area contributed by atoms with E-state index in [0.29, 0.717) is 12.0 Å². The molecule has 0 atom stereocenters. The summed E-state index contributed by atoms with van der Waals surface area (Å²) in [5.74, 6) is -1.31. The standard InChI is InChI=1S/C20H22N2O4/c1-15-7-9-17(10-8-15)20(25)22-21-18(23)11-12-19(24)26-14-13-16-5-3-2-4-6-16/h2-10H,11-14H2,1H3,(H,21,23)(H,22,25). The average Bonchev–Trinajstić information content (AvgIpc) is 2.66. The summed E-state index contributed by atoms with van der Waals surface area (Å²) in [6.45, 7) is 2.19. The first-order valence-corrected chi connectivity index (χ1v) is 8.40. The van der Waals surface area contributed by atoms with Gasteiger partial charge in [0.15, 0.2) is 0 Å². The number of hydrazine groups is 1. The van der Waals surface area contributed by atoms with E-state index < -0.39 is 17.8 Å². The molecular formula is C20H22N2O4. The molecule has 0 heterocycles. The van der Waals surface area contributed by atoms with Gasteiger partial charge in [-0.2, -0.15) is 0 Å². The summed E-state index contributed by atoms with van der Waals surface area (Å²) in [4.78, 5) is 35.2. The summed E-state index contributed by atoms with van der Waals surface area (Å²) < 4.78 is 5.10. The highest BCUT2D eigenvalue weighted by Crippen LogP contribution is 2.03. The van der Waals surface area contributed by atoms with Crippen LogP contribution < -0.4 is 10.9 Å². The van der Waals surface area contributed by atoms with Gasteiger partial charge in [-0.3, -0.25) is 25.2 Å². The predicted octanol–water partition coefficient (Wildman–Crippen LogP) is 2.32. The minimum Gasteiger partial charge on any atom is -0.465 e. The number of amides is 2. The fraction of sp³-hybridized carbons (Fsp3) is 0.250. The molecule has 2 aromatic rings. The molecule has 0 aliphatic heterocycles. The van der Waals surface area contributed by atoms with Crippen LogP contribution in [-0.4, -0.2) is 24.4 Å². The van der Waals surface area contributed by atoms with Crippen molar-refractivity contribution in [2.75, 3.05) is 6.61 Å². The van der Waals surface area contributed by atoms with Gasteiger partial charge in [0.2, 0.25) is 5.91 Å². The van der Waals surface area contributed by atoms with E-state index in [1.165, 1.54) is 0 Å². The Kier molecular flexibility index (Phi) is 7.36. The van der Waals surface area contributed by atoms with Gasteiger partial charge >= 0.3 is 5.97 Å². The first-order chi connectivity index (χ1) is 12.5. The second kappa shape index (κ2) is 9.98. The Bertz CT molecular complexity index is 742. The molecule has 0 radical (unpaired) electrons. The van der Waals surface area contributed by atoms with Gasteiger partial charge in [-0.15, -0.1) is 0 Å². The van der Waals surface area contributed by atoms with E-state index >= 15 is 0 Å². The summed E-state index contributed by atoms with van der Waals surface area (Å²) in [6, 6.07) is 16.6. The Morgan fingerprint density at radius 1 is 0.885 bits per heavy atom. The molecule has 0 saturated heterocycles. The lowest BCUT2D eigenvalue weighted by Gasteiger charge is -2.08. The van der Waals surface area contributed by atoms with Crippen LogP contribution in [0.25, 0.3) is 0 Å². The molecule has 136 valence electrons. The zero-order valence-electron chi connectivity index (χ0n) is 14.7. The van der Waals surface area contributed by atoms with Crippen molar-refractivity contribution in [3.8, 4) is 0 Å². The van der Waals surface area contributed by atoms with Gasteiger partial charge in [-0.05, 0) is 24.6 Å². The highest BCUT2D eigenvalue weighted by molar-refractivity contribution is 5.95. The van der Waals surface area contributed by atoms with Crippen molar-refractivity contribution in [2.24, 2.45) is 0 Å². The van der Waals surface area contributed by atoms with E-state index in [1.54, 1.807) is 12.1 Å². The van der Waals surface area contributed by atoms with Gasteiger partial charge in [0, 0.05) is 18.4 Å². The Morgan fingerprint density at radius 2 is 1.58 bits per heavy atom. The first kappa shape index (κ1) is 19.2. The molecule has 0 spiro atoms. The topological polar surface area (TPSA) is 84.5 Å². The van der Waals surface area contributed by atoms with Gasteiger partial charge in [0.25, 0.3) is 5.91 Å². The van der Waals surface area contributed by atoms with Gasteiger partial charge in [0.1, 0.15) is 0 Å². The smallest absolute Gasteiger partial charge is 0.306 e. The number of hydrogen-bond acceptors (Lipinski definition) is 4. The second-order valence-corrected chi connectivity index (χ2v) is 5.82. The molecule has 0 aliphatic rings. The SMILES string of the molecule is Cc1ccc(C(=O)NNC(=O)CCC(=O)OCCc2ccccc2)cc1. The van der Waals surface area contributed by atoms with Crippen molar-refractivity contribution in [1.29, 1.82) is 0 Å². The van der Waals surface area contributed by atoms with Crippen molar-refractivity contribution in [1.82, 2.24) is 10.9 Å². The van der Waals surface area contributed by atoms with Crippen LogP contribution in [0.5, 0.6) is 0 Å². The third-order valence-electron chi connectivity index (χ3n) is 3.68. The van der Waals surface area contributed by atoms with Crippen molar-refractivity contribution in [2.45, 2.75) is 26.2 Å². The highest BCUT2D eigenvalue weighted by atomic mass is 16.5. The molecular weight excluding hydrogens is 332 g/mol. The fourth-order valence-electron chi connectivity index (χ4n) is 2.18. The van der Waals surface area contributed by atoms with Crippen LogP contribution in [0.15, 0.2) is 54.6 Å². The molecule has 2 amide bonds. The van der Waals surface area contributed by atoms with E-state index in [0.717, 1.165) is 11.1 Å². The lowest BCUT2D eigenvalue weighted by Crippen LogP contribution is -2.41. The zero-order valence-corrected chi connectivity index (χ0v) is 14.7. The molecule has 0 saturated carbocycles. The van der Waals surface area contributed by atoms with Crippen molar-refractivity contribution < 1.29 is 19.1 Å². The first-order valence-electron chi connectivity index (χ1n) is 8.40. The number of nitrogens with one attached hydrogen (secondary N) is 2. The Balaban J connectivity index is 1.61. The van der Waals surface area contributed by atoms with Crippen molar-refractivity contribution in [3.05, 3.63) is 71.3 Å². The number of aryl methyl sites for hydroxylation is 1. The van der Waals surface area contributed by atoms with Crippen molar-refractivity contribution >= 4 is 17.8 Å². The molecule has 6 nitrogen and oxygen atoms in total. The maximum atomic E-state index is 11.9. The third kappa shape index (κ3) is 6.76. The monoisotopic (exact) mass is 354 g/mol. The molecule has 0 unspecified atom stereocenters. The van der Waals surface area contributed by atoms with E-state index in [2.05, 4.69) is 10.9 Å². The number of benzene rings is 2. The fourth-order valence-corrected chi connectivity index (χ4v) is 2.18. The minimum absolute atomic E-state index is 0.0406. The quantitative estimate of drug-likeness (QED) is 0.590. The summed E-state index contributed by atoms with van der Waals surface area (Å²) in [5, 5.41) is 0. The predicted molar refractivity (Wildman–Crippen MR) is 97.1 cm³/mol. The average molecular weight is 354 g/mol. The van der Waals surface area contributed by atoms with Crippen molar-refractivity contribution in [3.63, 3.8) is 0 Å². The van der Waals surface area contributed by atoms with Gasteiger partial charge in [-0.1, -0.05) is 48.0 Å². The minimum atomic E-state index is -0.453. The largest absolute Gasteiger partial charge is 0.465 e. The summed E-state index contributed by atoms with van der Waals surface area (Å²) in [6.07, 6.45) is 0.532. The van der Waals surface area contributed by atoms with Crippen LogP contribution in [0.4, 0.5) is 0 Å². The van der Waals surface area contributed by atoms with Crippen LogP contribution in [0.1, 0.15) is 34.3 Å². The van der Waals surface area contributed by atoms with E-state index in [-0.39, 0.29) is 19.4 Å². The normalized spacial score (nSPS) is 10.0. The number of carbonyl (C=O) groups excluding carboxylic acids is 3. The van der Waals surface area contributed by atoms with E-state index in [4.69, 9.17) is 4.74 Å². The van der Waals surface area contributed by atoms with Gasteiger partial charge in [0.05, 0.1) is 13.0 Å². The van der Waals surface area contributed by atoms with Crippen LogP contribution in [0.3, 0.4) is 0 Å². The van der Waals surface area contributed by atoms with E-state index in [1.807, 2.05) is 49.4 Å². The molecule has 0 aliphatic carbocycles. The van der Waals surface area contributed by atoms with Crippen LogP contribution >= 0.6 is 0 Å². The Labute approximate surface area is 152 Å². The molecule has 26 heavy (non-hydrogen) atoms. The molecule has 2 rings (SSSR count). The Hall–Kier alpha value is -3.15. The van der Waals surface area contributed by atoms with Crippen LogP contribution in [0.2, 0.25) is 0 Å². The highest BCUT2D eigenvalue weighted by Gasteiger charge is 2.10. The number of esters is 1. The van der Waals surface area contributed by atoms with Crippen LogP contribution in [-0.2, 0) is 20.7 Å². The lowest BCUT2D eigenvalue weighted by molar-refractivity contribution is -0.144. The maximum absolute atomic E-state index is 11.9. The van der Waals surface area contributed by atoms with E-state index in [9.17, 15) is 14.4 Å². The maximum Gasteiger partial charge on any atom is 0.306 e. The third-order valence-corrected chi connectivity index (χ3v) is 3.68. The zero-order chi connectivity index (χ0) is 18.8. The number of ether oxygens (including phenoxy) is 1. The van der Waals surface area contributed by atoms with Gasteiger partial charge < -0.3 is 4.74 Å². The Morgan fingerprint density at radius 3 is 2.27 bits per heavy atom. The summed E-state index contributed by atoms with van der Waals surface area (Å²) >= 11 is 0. The molecule has 0 aromatic heterocycles. The number of rotatable bonds is 7. The lowest BCUT2D eigenvalue weighted by atomic mass is 10.1. The summed E-state index contributed by atoms with van der Waals surface area (Å²) in [7, 11) is 0.